The molecule has 10 heavy (non-hydrogen) atoms. The molecule has 0 amide bonds. The summed E-state index contributed by atoms with van der Waals surface area (Å²) in [5.41, 5.74) is 2.65. The lowest BCUT2D eigenvalue weighted by atomic mass is 10.3. The van der Waals surface area contributed by atoms with Crippen LogP contribution in [-0.2, 0) is 0 Å². The van der Waals surface area contributed by atoms with Crippen LogP contribution in [0.5, 0.6) is 0 Å². The van der Waals surface area contributed by atoms with Crippen LogP contribution in [0.15, 0.2) is 18.3 Å². The molecule has 0 aromatic carbocycles. The van der Waals surface area contributed by atoms with Gasteiger partial charge in [0, 0.05) is 12.3 Å². The van der Waals surface area contributed by atoms with E-state index in [1.54, 1.807) is 6.07 Å². The van der Waals surface area contributed by atoms with E-state index < -0.39 is 0 Å². The van der Waals surface area contributed by atoms with Gasteiger partial charge in [-0.15, -0.1) is 0 Å². The SMILES string of the molecule is N#Cc1cc(NO)ccn1. The predicted octanol–water partition coefficient (Wildman–Crippen LogP) is 0.754. The lowest BCUT2D eigenvalue weighted by molar-refractivity contribution is 0.389. The Hall–Kier alpha value is -1.60. The van der Waals surface area contributed by atoms with E-state index in [0.29, 0.717) is 5.69 Å². The molecule has 1 heterocycles. The number of nitriles is 1. The number of nitrogens with one attached hydrogen (secondary N) is 1. The number of anilines is 1. The minimum Gasteiger partial charge on any atom is -0.291 e. The first-order valence-electron chi connectivity index (χ1n) is 2.63. The summed E-state index contributed by atoms with van der Waals surface area (Å²) in [6, 6.07) is 4.84. The van der Waals surface area contributed by atoms with Gasteiger partial charge in [-0.2, -0.15) is 5.26 Å². The van der Waals surface area contributed by atoms with Crippen LogP contribution in [0.1, 0.15) is 5.69 Å². The topological polar surface area (TPSA) is 68.9 Å². The van der Waals surface area contributed by atoms with E-state index >= 15 is 0 Å². The highest BCUT2D eigenvalue weighted by Gasteiger charge is 1.91. The Balaban J connectivity index is 3.01. The van der Waals surface area contributed by atoms with Crippen molar-refractivity contribution in [3.63, 3.8) is 0 Å². The highest BCUT2D eigenvalue weighted by Crippen LogP contribution is 2.04. The van der Waals surface area contributed by atoms with Crippen LogP contribution >= 0.6 is 0 Å². The van der Waals surface area contributed by atoms with Gasteiger partial charge in [0.2, 0.25) is 0 Å². The van der Waals surface area contributed by atoms with Crippen LogP contribution in [0.3, 0.4) is 0 Å². The Morgan fingerprint density at radius 3 is 3.10 bits per heavy atom. The zero-order valence-corrected chi connectivity index (χ0v) is 5.07. The van der Waals surface area contributed by atoms with Crippen molar-refractivity contribution in [2.45, 2.75) is 0 Å². The summed E-state index contributed by atoms with van der Waals surface area (Å²) in [7, 11) is 0. The average Bonchev–Trinajstić information content (AvgIpc) is 2.05. The standard InChI is InChI=1S/C6H5N3O/c7-4-6-3-5(9-10)1-2-8-6/h1-3,10H,(H,8,9). The molecule has 0 radical (unpaired) electrons. The molecule has 0 aliphatic carbocycles. The molecular formula is C6H5N3O. The first kappa shape index (κ1) is 6.52. The Bertz CT molecular complexity index is 266. The molecule has 0 fully saturated rings. The van der Waals surface area contributed by atoms with Crippen molar-refractivity contribution in [3.8, 4) is 6.07 Å². The van der Waals surface area contributed by atoms with E-state index in [4.69, 9.17) is 10.5 Å². The van der Waals surface area contributed by atoms with Gasteiger partial charge in [0.1, 0.15) is 11.8 Å². The summed E-state index contributed by atoms with van der Waals surface area (Å²) in [6.45, 7) is 0. The summed E-state index contributed by atoms with van der Waals surface area (Å²) in [5, 5.41) is 16.7. The van der Waals surface area contributed by atoms with Crippen molar-refractivity contribution in [1.29, 1.82) is 5.26 Å². The van der Waals surface area contributed by atoms with Gasteiger partial charge in [-0.1, -0.05) is 0 Å². The summed E-state index contributed by atoms with van der Waals surface area (Å²) < 4.78 is 0. The van der Waals surface area contributed by atoms with Gasteiger partial charge in [-0.05, 0) is 6.07 Å². The second kappa shape index (κ2) is 2.80. The number of aromatic nitrogens is 1. The van der Waals surface area contributed by atoms with E-state index in [1.165, 1.54) is 12.3 Å². The van der Waals surface area contributed by atoms with Crippen LogP contribution in [0.2, 0.25) is 0 Å². The first-order chi connectivity index (χ1) is 4.86. The second-order valence-electron chi connectivity index (χ2n) is 1.65. The Morgan fingerprint density at radius 1 is 1.70 bits per heavy atom. The minimum absolute atomic E-state index is 0.277. The third-order valence-corrected chi connectivity index (χ3v) is 1.00. The van der Waals surface area contributed by atoms with Crippen molar-refractivity contribution >= 4 is 5.69 Å². The third-order valence-electron chi connectivity index (χ3n) is 1.00. The maximum atomic E-state index is 8.37. The monoisotopic (exact) mass is 135 g/mol. The maximum Gasteiger partial charge on any atom is 0.142 e. The van der Waals surface area contributed by atoms with Crippen molar-refractivity contribution in [2.24, 2.45) is 0 Å². The lowest BCUT2D eigenvalue weighted by Gasteiger charge is -1.95. The maximum absolute atomic E-state index is 8.37. The van der Waals surface area contributed by atoms with Crippen LogP contribution in [0.4, 0.5) is 5.69 Å². The fraction of sp³-hybridized carbons (Fsp3) is 0. The quantitative estimate of drug-likeness (QED) is 0.557. The fourth-order valence-electron chi connectivity index (χ4n) is 0.561. The average molecular weight is 135 g/mol. The molecule has 0 spiro atoms. The zero-order valence-electron chi connectivity index (χ0n) is 5.07. The van der Waals surface area contributed by atoms with E-state index in [0.717, 1.165) is 0 Å². The van der Waals surface area contributed by atoms with Gasteiger partial charge in [-0.25, -0.2) is 4.98 Å². The third kappa shape index (κ3) is 1.21. The van der Waals surface area contributed by atoms with Crippen molar-refractivity contribution in [2.75, 3.05) is 5.48 Å². The zero-order chi connectivity index (χ0) is 7.40. The Morgan fingerprint density at radius 2 is 2.50 bits per heavy atom. The molecule has 1 aromatic heterocycles. The van der Waals surface area contributed by atoms with Gasteiger partial charge in [-0.3, -0.25) is 10.7 Å². The molecule has 2 N–H and O–H groups in total. The number of hydrogen-bond acceptors (Lipinski definition) is 4. The normalized spacial score (nSPS) is 8.40. The molecule has 4 nitrogen and oxygen atoms in total. The summed E-state index contributed by atoms with van der Waals surface area (Å²) in [5.74, 6) is 0. The molecule has 0 saturated heterocycles. The van der Waals surface area contributed by atoms with Gasteiger partial charge in [0.15, 0.2) is 0 Å². The van der Waals surface area contributed by atoms with Crippen molar-refractivity contribution < 1.29 is 5.21 Å². The number of pyridine rings is 1. The highest BCUT2D eigenvalue weighted by atomic mass is 16.5. The van der Waals surface area contributed by atoms with Gasteiger partial charge in [0.25, 0.3) is 0 Å². The van der Waals surface area contributed by atoms with Crippen LogP contribution < -0.4 is 5.48 Å². The Labute approximate surface area is 57.7 Å². The van der Waals surface area contributed by atoms with Crippen LogP contribution in [-0.4, -0.2) is 10.2 Å². The molecule has 0 bridgehead atoms. The molecule has 0 aliphatic heterocycles. The number of nitrogens with zero attached hydrogens (tertiary/aromatic N) is 2. The fourth-order valence-corrected chi connectivity index (χ4v) is 0.561. The van der Waals surface area contributed by atoms with Gasteiger partial charge >= 0.3 is 0 Å². The minimum atomic E-state index is 0.277. The largest absolute Gasteiger partial charge is 0.291 e. The molecule has 0 aliphatic rings. The molecule has 0 unspecified atom stereocenters. The molecule has 0 saturated carbocycles. The molecule has 4 heteroatoms. The van der Waals surface area contributed by atoms with Gasteiger partial charge in [0.05, 0.1) is 5.69 Å². The van der Waals surface area contributed by atoms with E-state index in [-0.39, 0.29) is 5.69 Å². The summed E-state index contributed by atoms with van der Waals surface area (Å²) >= 11 is 0. The summed E-state index contributed by atoms with van der Waals surface area (Å²) in [6.07, 6.45) is 1.44. The lowest BCUT2D eigenvalue weighted by Crippen LogP contribution is -1.90. The van der Waals surface area contributed by atoms with E-state index in [1.807, 2.05) is 11.5 Å². The number of hydrogen-bond donors (Lipinski definition) is 2. The molecular weight excluding hydrogens is 130 g/mol. The second-order valence-corrected chi connectivity index (χ2v) is 1.65. The number of rotatable bonds is 1. The van der Waals surface area contributed by atoms with Crippen molar-refractivity contribution in [3.05, 3.63) is 24.0 Å². The first-order valence-corrected chi connectivity index (χ1v) is 2.63. The summed E-state index contributed by atoms with van der Waals surface area (Å²) in [4.78, 5) is 3.69. The van der Waals surface area contributed by atoms with Gasteiger partial charge < -0.3 is 0 Å². The van der Waals surface area contributed by atoms with E-state index in [9.17, 15) is 0 Å². The van der Waals surface area contributed by atoms with Crippen LogP contribution in [0, 0.1) is 11.3 Å². The Kier molecular flexibility index (Phi) is 1.83. The highest BCUT2D eigenvalue weighted by molar-refractivity contribution is 5.43. The van der Waals surface area contributed by atoms with Crippen molar-refractivity contribution in [1.82, 2.24) is 4.98 Å². The molecule has 0 atom stereocenters. The molecule has 1 rings (SSSR count). The molecule has 50 valence electrons. The molecule has 1 aromatic rings. The van der Waals surface area contributed by atoms with Crippen LogP contribution in [0.25, 0.3) is 0 Å². The van der Waals surface area contributed by atoms with E-state index in [2.05, 4.69) is 4.98 Å². The smallest absolute Gasteiger partial charge is 0.142 e. The predicted molar refractivity (Wildman–Crippen MR) is 34.4 cm³/mol.